The van der Waals surface area contributed by atoms with Gasteiger partial charge in [0.2, 0.25) is 0 Å². The van der Waals surface area contributed by atoms with Crippen LogP contribution in [0.15, 0.2) is 73.1 Å². The predicted octanol–water partition coefficient (Wildman–Crippen LogP) is 2.42. The van der Waals surface area contributed by atoms with E-state index in [0.29, 0.717) is 5.75 Å². The SMILES string of the molecule is Cc1ccccc1OCC(=O)NNC(=O)/C=C/c1cnn(-c2ccccc2)c1. The first-order chi connectivity index (χ1) is 13.6. The van der Waals surface area contributed by atoms with Gasteiger partial charge in [0.25, 0.3) is 11.8 Å². The summed E-state index contributed by atoms with van der Waals surface area (Å²) in [5, 5.41) is 4.25. The van der Waals surface area contributed by atoms with Crippen LogP contribution in [0.3, 0.4) is 0 Å². The number of carbonyl (C=O) groups excluding carboxylic acids is 2. The first kappa shape index (κ1) is 18.9. The summed E-state index contributed by atoms with van der Waals surface area (Å²) in [4.78, 5) is 23.6. The minimum atomic E-state index is -0.461. The first-order valence-electron chi connectivity index (χ1n) is 8.67. The summed E-state index contributed by atoms with van der Waals surface area (Å²) in [5.74, 6) is -0.294. The highest BCUT2D eigenvalue weighted by Crippen LogP contribution is 2.15. The number of nitrogens with one attached hydrogen (secondary N) is 2. The van der Waals surface area contributed by atoms with E-state index in [4.69, 9.17) is 4.74 Å². The van der Waals surface area contributed by atoms with Crippen molar-refractivity contribution in [3.8, 4) is 11.4 Å². The Morgan fingerprint density at radius 3 is 2.61 bits per heavy atom. The van der Waals surface area contributed by atoms with Crippen LogP contribution in [-0.2, 0) is 9.59 Å². The number of hydrogen-bond acceptors (Lipinski definition) is 4. The Labute approximate surface area is 162 Å². The van der Waals surface area contributed by atoms with Gasteiger partial charge in [0.05, 0.1) is 11.9 Å². The molecule has 142 valence electrons. The van der Waals surface area contributed by atoms with E-state index in [0.717, 1.165) is 16.8 Å². The van der Waals surface area contributed by atoms with Gasteiger partial charge in [-0.05, 0) is 36.8 Å². The maximum Gasteiger partial charge on any atom is 0.276 e. The highest BCUT2D eigenvalue weighted by molar-refractivity contribution is 5.93. The van der Waals surface area contributed by atoms with Crippen LogP contribution >= 0.6 is 0 Å². The van der Waals surface area contributed by atoms with Gasteiger partial charge in [-0.1, -0.05) is 36.4 Å². The van der Waals surface area contributed by atoms with E-state index < -0.39 is 11.8 Å². The van der Waals surface area contributed by atoms with Crippen molar-refractivity contribution < 1.29 is 14.3 Å². The summed E-state index contributed by atoms with van der Waals surface area (Å²) in [6.45, 7) is 1.69. The fraction of sp³-hybridized carbons (Fsp3) is 0.0952. The lowest BCUT2D eigenvalue weighted by Gasteiger charge is -2.09. The number of amides is 2. The number of nitrogens with zero attached hydrogens (tertiary/aromatic N) is 2. The number of carbonyl (C=O) groups is 2. The fourth-order valence-electron chi connectivity index (χ4n) is 2.39. The molecule has 2 aromatic carbocycles. The van der Waals surface area contributed by atoms with Gasteiger partial charge in [0.15, 0.2) is 6.61 Å². The Hall–Kier alpha value is -3.87. The summed E-state index contributed by atoms with van der Waals surface area (Å²) >= 11 is 0. The number of rotatable bonds is 6. The van der Waals surface area contributed by atoms with Gasteiger partial charge in [-0.2, -0.15) is 5.10 Å². The van der Waals surface area contributed by atoms with E-state index in [-0.39, 0.29) is 6.61 Å². The molecule has 0 fully saturated rings. The Morgan fingerprint density at radius 1 is 1.07 bits per heavy atom. The van der Waals surface area contributed by atoms with E-state index in [9.17, 15) is 9.59 Å². The molecule has 0 atom stereocenters. The predicted molar refractivity (Wildman–Crippen MR) is 106 cm³/mol. The highest BCUT2D eigenvalue weighted by Gasteiger charge is 2.05. The lowest BCUT2D eigenvalue weighted by Crippen LogP contribution is -2.43. The summed E-state index contributed by atoms with van der Waals surface area (Å²) in [6, 6.07) is 17.0. The summed E-state index contributed by atoms with van der Waals surface area (Å²) in [7, 11) is 0. The van der Waals surface area contributed by atoms with E-state index in [1.165, 1.54) is 6.08 Å². The molecule has 0 aliphatic heterocycles. The second-order valence-corrected chi connectivity index (χ2v) is 5.98. The minimum absolute atomic E-state index is 0.196. The molecule has 0 unspecified atom stereocenters. The molecule has 1 aromatic heterocycles. The third-order valence-corrected chi connectivity index (χ3v) is 3.83. The van der Waals surface area contributed by atoms with Crippen LogP contribution in [0.25, 0.3) is 11.8 Å². The molecule has 0 saturated heterocycles. The standard InChI is InChI=1S/C21H20N4O3/c1-16-7-5-6-10-19(16)28-15-21(27)24-23-20(26)12-11-17-13-22-25(14-17)18-8-3-2-4-9-18/h2-14H,15H2,1H3,(H,23,26)(H,24,27)/b12-11+. The average molecular weight is 376 g/mol. The quantitative estimate of drug-likeness (QED) is 0.511. The monoisotopic (exact) mass is 376 g/mol. The zero-order valence-electron chi connectivity index (χ0n) is 15.3. The largest absolute Gasteiger partial charge is 0.483 e. The Balaban J connectivity index is 1.44. The molecule has 1 heterocycles. The molecule has 0 radical (unpaired) electrons. The van der Waals surface area contributed by atoms with Crippen molar-refractivity contribution >= 4 is 17.9 Å². The van der Waals surface area contributed by atoms with E-state index in [2.05, 4.69) is 16.0 Å². The molecule has 28 heavy (non-hydrogen) atoms. The lowest BCUT2D eigenvalue weighted by molar-refractivity contribution is -0.128. The molecule has 2 amide bonds. The van der Waals surface area contributed by atoms with Crippen molar-refractivity contribution in [2.45, 2.75) is 6.92 Å². The molecule has 7 heteroatoms. The summed E-state index contributed by atoms with van der Waals surface area (Å²) in [5.41, 5.74) is 7.22. The van der Waals surface area contributed by atoms with Gasteiger partial charge in [-0.25, -0.2) is 4.68 Å². The van der Waals surface area contributed by atoms with Gasteiger partial charge in [-0.3, -0.25) is 20.4 Å². The number of ether oxygens (including phenoxy) is 1. The number of para-hydroxylation sites is 2. The molecule has 2 N–H and O–H groups in total. The second kappa shape index (κ2) is 9.18. The smallest absolute Gasteiger partial charge is 0.276 e. The van der Waals surface area contributed by atoms with Crippen molar-refractivity contribution in [2.75, 3.05) is 6.61 Å². The maximum atomic E-state index is 11.8. The van der Waals surface area contributed by atoms with Crippen LogP contribution < -0.4 is 15.6 Å². The number of hydrogen-bond donors (Lipinski definition) is 2. The number of aromatic nitrogens is 2. The molecule has 0 aliphatic carbocycles. The molecule has 3 rings (SSSR count). The van der Waals surface area contributed by atoms with Crippen LogP contribution in [0.1, 0.15) is 11.1 Å². The van der Waals surface area contributed by atoms with E-state index in [1.807, 2.05) is 55.5 Å². The van der Waals surface area contributed by atoms with Crippen molar-refractivity contribution in [2.24, 2.45) is 0 Å². The van der Waals surface area contributed by atoms with Gasteiger partial charge in [0.1, 0.15) is 5.75 Å². The highest BCUT2D eigenvalue weighted by atomic mass is 16.5. The number of aryl methyl sites for hydroxylation is 1. The molecule has 0 bridgehead atoms. The van der Waals surface area contributed by atoms with Crippen molar-refractivity contribution in [1.29, 1.82) is 0 Å². The zero-order chi connectivity index (χ0) is 19.8. The molecule has 0 saturated carbocycles. The van der Waals surface area contributed by atoms with Crippen LogP contribution in [0, 0.1) is 6.92 Å². The third kappa shape index (κ3) is 5.31. The fourth-order valence-corrected chi connectivity index (χ4v) is 2.39. The van der Waals surface area contributed by atoms with Crippen LogP contribution in [0.5, 0.6) is 5.75 Å². The van der Waals surface area contributed by atoms with Gasteiger partial charge in [0, 0.05) is 17.8 Å². The third-order valence-electron chi connectivity index (χ3n) is 3.83. The topological polar surface area (TPSA) is 85.2 Å². The lowest BCUT2D eigenvalue weighted by atomic mass is 10.2. The summed E-state index contributed by atoms with van der Waals surface area (Å²) in [6.07, 6.45) is 6.37. The Bertz CT molecular complexity index is 980. The molecule has 0 spiro atoms. The molecular weight excluding hydrogens is 356 g/mol. The second-order valence-electron chi connectivity index (χ2n) is 5.98. The average Bonchev–Trinajstić information content (AvgIpc) is 3.20. The van der Waals surface area contributed by atoms with Crippen molar-refractivity contribution in [1.82, 2.24) is 20.6 Å². The number of benzene rings is 2. The molecular formula is C21H20N4O3. The van der Waals surface area contributed by atoms with Gasteiger partial charge < -0.3 is 4.74 Å². The zero-order valence-corrected chi connectivity index (χ0v) is 15.3. The van der Waals surface area contributed by atoms with E-state index in [1.54, 1.807) is 29.2 Å². The molecule has 7 nitrogen and oxygen atoms in total. The van der Waals surface area contributed by atoms with Gasteiger partial charge in [-0.15, -0.1) is 0 Å². The summed E-state index contributed by atoms with van der Waals surface area (Å²) < 4.78 is 7.12. The first-order valence-corrected chi connectivity index (χ1v) is 8.67. The van der Waals surface area contributed by atoms with E-state index >= 15 is 0 Å². The van der Waals surface area contributed by atoms with Crippen molar-refractivity contribution in [3.05, 3.63) is 84.2 Å². The Morgan fingerprint density at radius 2 is 1.82 bits per heavy atom. The maximum absolute atomic E-state index is 11.8. The Kier molecular flexibility index (Phi) is 6.20. The normalized spacial score (nSPS) is 10.6. The molecule has 3 aromatic rings. The van der Waals surface area contributed by atoms with Crippen LogP contribution in [0.2, 0.25) is 0 Å². The van der Waals surface area contributed by atoms with Crippen molar-refractivity contribution in [3.63, 3.8) is 0 Å². The number of hydrazine groups is 1. The van der Waals surface area contributed by atoms with Crippen LogP contribution in [-0.4, -0.2) is 28.2 Å². The van der Waals surface area contributed by atoms with Crippen LogP contribution in [0.4, 0.5) is 0 Å². The molecule has 0 aliphatic rings. The van der Waals surface area contributed by atoms with Gasteiger partial charge >= 0.3 is 0 Å². The minimum Gasteiger partial charge on any atom is -0.483 e.